The molecule has 0 spiro atoms. The van der Waals surface area contributed by atoms with Gasteiger partial charge >= 0.3 is 0 Å². The SMILES string of the molecule is O=[N+]([O-])c1ccc(NCc2ncn[nH]2)c2ncccc12. The molecule has 0 aliphatic carbocycles. The van der Waals surface area contributed by atoms with E-state index < -0.39 is 4.92 Å². The normalized spacial score (nSPS) is 10.6. The molecule has 3 rings (SSSR count). The molecular weight excluding hydrogens is 260 g/mol. The van der Waals surface area contributed by atoms with Gasteiger partial charge in [0.15, 0.2) is 0 Å². The van der Waals surface area contributed by atoms with Gasteiger partial charge in [-0.2, -0.15) is 5.10 Å². The number of nitrogens with zero attached hydrogens (tertiary/aromatic N) is 4. The molecule has 0 amide bonds. The number of anilines is 1. The summed E-state index contributed by atoms with van der Waals surface area (Å²) in [5.74, 6) is 0.674. The highest BCUT2D eigenvalue weighted by Gasteiger charge is 2.14. The third kappa shape index (κ3) is 2.14. The number of nitro benzene ring substituents is 1. The standard InChI is InChI=1S/C12H10N6O2/c19-18(20)10-4-3-9(12-8(10)2-1-5-13-12)14-6-11-15-7-16-17-11/h1-5,7,14H,6H2,(H,15,16,17). The minimum absolute atomic E-state index is 0.0401. The lowest BCUT2D eigenvalue weighted by Crippen LogP contribution is -2.03. The zero-order valence-corrected chi connectivity index (χ0v) is 10.3. The number of benzene rings is 1. The topological polar surface area (TPSA) is 110 Å². The first-order valence-electron chi connectivity index (χ1n) is 5.86. The van der Waals surface area contributed by atoms with Crippen LogP contribution in [0.3, 0.4) is 0 Å². The van der Waals surface area contributed by atoms with E-state index in [0.29, 0.717) is 29.0 Å². The van der Waals surface area contributed by atoms with E-state index in [1.165, 1.54) is 12.4 Å². The van der Waals surface area contributed by atoms with Gasteiger partial charge in [0.25, 0.3) is 5.69 Å². The van der Waals surface area contributed by atoms with Crippen molar-refractivity contribution >= 4 is 22.3 Å². The first kappa shape index (κ1) is 12.0. The van der Waals surface area contributed by atoms with E-state index in [0.717, 1.165) is 0 Å². The van der Waals surface area contributed by atoms with Gasteiger partial charge in [-0.25, -0.2) is 4.98 Å². The number of nitrogens with one attached hydrogen (secondary N) is 2. The van der Waals surface area contributed by atoms with Crippen LogP contribution in [0.1, 0.15) is 5.82 Å². The van der Waals surface area contributed by atoms with E-state index in [1.54, 1.807) is 24.4 Å². The summed E-state index contributed by atoms with van der Waals surface area (Å²) in [6.07, 6.45) is 3.02. The number of fused-ring (bicyclic) bond motifs is 1. The molecule has 100 valence electrons. The van der Waals surface area contributed by atoms with Crippen molar-refractivity contribution in [3.63, 3.8) is 0 Å². The molecule has 0 saturated heterocycles. The zero-order chi connectivity index (χ0) is 13.9. The second-order valence-electron chi connectivity index (χ2n) is 4.07. The zero-order valence-electron chi connectivity index (χ0n) is 10.3. The predicted molar refractivity (Wildman–Crippen MR) is 72.1 cm³/mol. The molecule has 2 heterocycles. The lowest BCUT2D eigenvalue weighted by molar-refractivity contribution is -0.383. The van der Waals surface area contributed by atoms with Crippen LogP contribution < -0.4 is 5.32 Å². The summed E-state index contributed by atoms with van der Waals surface area (Å²) in [6.45, 7) is 0.434. The van der Waals surface area contributed by atoms with E-state index in [2.05, 4.69) is 25.5 Å². The van der Waals surface area contributed by atoms with Gasteiger partial charge in [0.05, 0.1) is 22.5 Å². The maximum Gasteiger partial charge on any atom is 0.278 e. The van der Waals surface area contributed by atoms with E-state index >= 15 is 0 Å². The molecule has 1 aromatic carbocycles. The monoisotopic (exact) mass is 270 g/mol. The van der Waals surface area contributed by atoms with Gasteiger partial charge in [0, 0.05) is 12.3 Å². The van der Waals surface area contributed by atoms with Crippen LogP contribution in [0.5, 0.6) is 0 Å². The molecule has 3 aromatic rings. The van der Waals surface area contributed by atoms with Crippen LogP contribution in [0.4, 0.5) is 11.4 Å². The molecule has 0 bridgehead atoms. The van der Waals surface area contributed by atoms with Gasteiger partial charge in [0.2, 0.25) is 0 Å². The molecule has 8 heteroatoms. The van der Waals surface area contributed by atoms with Crippen molar-refractivity contribution < 1.29 is 4.92 Å². The minimum Gasteiger partial charge on any atom is -0.376 e. The lowest BCUT2D eigenvalue weighted by Gasteiger charge is -2.07. The number of hydrogen-bond acceptors (Lipinski definition) is 6. The summed E-state index contributed by atoms with van der Waals surface area (Å²) >= 11 is 0. The largest absolute Gasteiger partial charge is 0.376 e. The first-order valence-corrected chi connectivity index (χ1v) is 5.86. The Hall–Kier alpha value is -3.03. The molecular formula is C12H10N6O2. The smallest absolute Gasteiger partial charge is 0.278 e. The molecule has 0 fully saturated rings. The highest BCUT2D eigenvalue weighted by molar-refractivity contribution is 5.96. The van der Waals surface area contributed by atoms with Crippen LogP contribution in [0.2, 0.25) is 0 Å². The van der Waals surface area contributed by atoms with Crippen molar-refractivity contribution in [1.82, 2.24) is 20.2 Å². The molecule has 0 aliphatic heterocycles. The Morgan fingerprint density at radius 2 is 2.20 bits per heavy atom. The Balaban J connectivity index is 1.99. The lowest BCUT2D eigenvalue weighted by atomic mass is 10.1. The number of rotatable bonds is 4. The predicted octanol–water partition coefficient (Wildman–Crippen LogP) is 1.87. The highest BCUT2D eigenvalue weighted by Crippen LogP contribution is 2.29. The Labute approximate surface area is 113 Å². The van der Waals surface area contributed by atoms with Crippen molar-refractivity contribution in [3.05, 3.63) is 52.7 Å². The third-order valence-corrected chi connectivity index (χ3v) is 2.85. The molecule has 0 radical (unpaired) electrons. The van der Waals surface area contributed by atoms with E-state index in [9.17, 15) is 10.1 Å². The van der Waals surface area contributed by atoms with Crippen molar-refractivity contribution in [2.75, 3.05) is 5.32 Å². The Kier molecular flexibility index (Phi) is 2.96. The van der Waals surface area contributed by atoms with Crippen LogP contribution in [0, 0.1) is 10.1 Å². The second kappa shape index (κ2) is 4.92. The van der Waals surface area contributed by atoms with Gasteiger partial charge in [-0.15, -0.1) is 0 Å². The van der Waals surface area contributed by atoms with Crippen LogP contribution in [0.15, 0.2) is 36.8 Å². The fourth-order valence-corrected chi connectivity index (χ4v) is 1.95. The number of pyridine rings is 1. The second-order valence-corrected chi connectivity index (χ2v) is 4.07. The molecule has 2 aromatic heterocycles. The minimum atomic E-state index is -0.412. The van der Waals surface area contributed by atoms with Crippen molar-refractivity contribution in [3.8, 4) is 0 Å². The summed E-state index contributed by atoms with van der Waals surface area (Å²) < 4.78 is 0. The fraction of sp³-hybridized carbons (Fsp3) is 0.0833. The molecule has 0 atom stereocenters. The number of non-ortho nitro benzene ring substituents is 1. The fourth-order valence-electron chi connectivity index (χ4n) is 1.95. The molecule has 0 aliphatic rings. The van der Waals surface area contributed by atoms with Crippen LogP contribution >= 0.6 is 0 Å². The van der Waals surface area contributed by atoms with Gasteiger partial charge < -0.3 is 5.32 Å². The van der Waals surface area contributed by atoms with E-state index in [4.69, 9.17) is 0 Å². The quantitative estimate of drug-likeness (QED) is 0.553. The Morgan fingerprint density at radius 3 is 2.95 bits per heavy atom. The summed E-state index contributed by atoms with van der Waals surface area (Å²) in [4.78, 5) is 18.8. The van der Waals surface area contributed by atoms with Crippen molar-refractivity contribution in [1.29, 1.82) is 0 Å². The van der Waals surface area contributed by atoms with E-state index in [-0.39, 0.29) is 5.69 Å². The maximum atomic E-state index is 11.0. The summed E-state index contributed by atoms with van der Waals surface area (Å²) in [5.41, 5.74) is 1.31. The van der Waals surface area contributed by atoms with Crippen LogP contribution in [0.25, 0.3) is 10.9 Å². The summed E-state index contributed by atoms with van der Waals surface area (Å²) in [6, 6.07) is 6.46. The van der Waals surface area contributed by atoms with Gasteiger partial charge in [-0.1, -0.05) is 0 Å². The number of nitro groups is 1. The highest BCUT2D eigenvalue weighted by atomic mass is 16.6. The first-order chi connectivity index (χ1) is 9.75. The molecule has 8 nitrogen and oxygen atoms in total. The van der Waals surface area contributed by atoms with Gasteiger partial charge in [-0.3, -0.25) is 20.2 Å². The Bertz CT molecular complexity index is 756. The Morgan fingerprint density at radius 1 is 1.30 bits per heavy atom. The molecule has 0 unspecified atom stereocenters. The average Bonchev–Trinajstić information content (AvgIpc) is 2.97. The van der Waals surface area contributed by atoms with E-state index in [1.807, 2.05) is 0 Å². The summed E-state index contributed by atoms with van der Waals surface area (Å²) in [5, 5.41) is 21.1. The molecule has 2 N–H and O–H groups in total. The van der Waals surface area contributed by atoms with Crippen molar-refractivity contribution in [2.45, 2.75) is 6.54 Å². The number of aromatic nitrogens is 4. The van der Waals surface area contributed by atoms with Crippen molar-refractivity contribution in [2.24, 2.45) is 0 Å². The molecule has 0 saturated carbocycles. The number of aromatic amines is 1. The molecule has 20 heavy (non-hydrogen) atoms. The summed E-state index contributed by atoms with van der Waals surface area (Å²) in [7, 11) is 0. The number of H-pyrrole nitrogens is 1. The number of hydrogen-bond donors (Lipinski definition) is 2. The van der Waals surface area contributed by atoms with Gasteiger partial charge in [0.1, 0.15) is 17.7 Å². The van der Waals surface area contributed by atoms with Crippen LogP contribution in [-0.4, -0.2) is 25.1 Å². The van der Waals surface area contributed by atoms with Gasteiger partial charge in [-0.05, 0) is 18.2 Å². The average molecular weight is 270 g/mol. The maximum absolute atomic E-state index is 11.0. The van der Waals surface area contributed by atoms with Crippen LogP contribution in [-0.2, 0) is 6.54 Å². The third-order valence-electron chi connectivity index (χ3n) is 2.85.